The first kappa shape index (κ1) is 14.9. The van der Waals surface area contributed by atoms with E-state index in [0.717, 1.165) is 25.7 Å². The number of hydrogen-bond acceptors (Lipinski definition) is 3. The molecule has 1 N–H and O–H groups in total. The summed E-state index contributed by atoms with van der Waals surface area (Å²) in [5.74, 6) is 1.27. The van der Waals surface area contributed by atoms with Gasteiger partial charge in [0.1, 0.15) is 30.9 Å². The number of halogens is 1. The van der Waals surface area contributed by atoms with E-state index in [4.69, 9.17) is 9.47 Å². The van der Waals surface area contributed by atoms with Gasteiger partial charge in [-0.05, 0) is 25.0 Å². The zero-order valence-electron chi connectivity index (χ0n) is 12.3. The van der Waals surface area contributed by atoms with Crippen molar-refractivity contribution in [3.05, 3.63) is 24.3 Å². The van der Waals surface area contributed by atoms with Crippen molar-refractivity contribution in [1.82, 2.24) is 4.90 Å². The molecule has 1 amide bonds. The molecule has 2 saturated heterocycles. The molecule has 0 radical (unpaired) electrons. The highest BCUT2D eigenvalue weighted by Crippen LogP contribution is 2.37. The largest absolute Gasteiger partial charge is 0.491 e. The summed E-state index contributed by atoms with van der Waals surface area (Å²) in [4.78, 5) is 12.8. The lowest BCUT2D eigenvalue weighted by Gasteiger charge is -2.37. The molecule has 2 bridgehead atoms. The Hall–Kier alpha value is -1.98. The molecule has 2 fully saturated rings. The third kappa shape index (κ3) is 3.10. The van der Waals surface area contributed by atoms with Crippen LogP contribution in [-0.4, -0.2) is 47.6 Å². The maximum absolute atomic E-state index is 12.1. The van der Waals surface area contributed by atoms with Crippen molar-refractivity contribution in [2.45, 2.75) is 43.9 Å². The summed E-state index contributed by atoms with van der Waals surface area (Å²) in [6, 6.07) is 7.29. The minimum Gasteiger partial charge on any atom is -0.491 e. The third-order valence-corrected chi connectivity index (χ3v) is 4.36. The predicted octanol–water partition coefficient (Wildman–Crippen LogP) is 3.09. The Morgan fingerprint density at radius 1 is 1.27 bits per heavy atom. The number of benzene rings is 1. The van der Waals surface area contributed by atoms with Crippen molar-refractivity contribution < 1.29 is 23.8 Å². The molecule has 120 valence electrons. The second-order valence-electron chi connectivity index (χ2n) is 5.80. The molecule has 6 heteroatoms. The average Bonchev–Trinajstić information content (AvgIpc) is 2.78. The van der Waals surface area contributed by atoms with Gasteiger partial charge in [0.15, 0.2) is 0 Å². The smallest absolute Gasteiger partial charge is 0.407 e. The molecular weight excluding hydrogens is 289 g/mol. The fourth-order valence-corrected chi connectivity index (χ4v) is 3.52. The summed E-state index contributed by atoms with van der Waals surface area (Å²) in [6.07, 6.45) is 2.46. The standard InChI is InChI=1S/C16H20FNO4/c17-6-7-21-13-2-1-3-14(10-13)22-15-8-11-4-5-12(9-15)18(11)16(19)20/h1-3,10-12,15H,4-9H2,(H,19,20)/t11-,12+,15+. The molecule has 5 nitrogen and oxygen atoms in total. The van der Waals surface area contributed by atoms with Gasteiger partial charge in [-0.1, -0.05) is 6.07 Å². The quantitative estimate of drug-likeness (QED) is 0.908. The summed E-state index contributed by atoms with van der Waals surface area (Å²) >= 11 is 0. The molecule has 0 aromatic heterocycles. The number of nitrogens with zero attached hydrogens (tertiary/aromatic N) is 1. The lowest BCUT2D eigenvalue weighted by Crippen LogP contribution is -2.48. The highest BCUT2D eigenvalue weighted by atomic mass is 19.1. The van der Waals surface area contributed by atoms with E-state index < -0.39 is 12.8 Å². The molecule has 2 heterocycles. The summed E-state index contributed by atoms with van der Waals surface area (Å²) in [6.45, 7) is -0.493. The molecule has 0 unspecified atom stereocenters. The van der Waals surface area contributed by atoms with Crippen LogP contribution in [0.4, 0.5) is 9.18 Å². The van der Waals surface area contributed by atoms with Crippen LogP contribution in [0.1, 0.15) is 25.7 Å². The Balaban J connectivity index is 1.62. The Bertz CT molecular complexity index is 525. The van der Waals surface area contributed by atoms with E-state index >= 15 is 0 Å². The molecule has 0 spiro atoms. The van der Waals surface area contributed by atoms with Gasteiger partial charge in [0.2, 0.25) is 0 Å². The molecule has 0 aliphatic carbocycles. The van der Waals surface area contributed by atoms with Crippen LogP contribution in [0.5, 0.6) is 11.5 Å². The molecule has 1 aromatic rings. The van der Waals surface area contributed by atoms with E-state index in [2.05, 4.69) is 0 Å². The predicted molar refractivity (Wildman–Crippen MR) is 78.2 cm³/mol. The Morgan fingerprint density at radius 2 is 1.95 bits per heavy atom. The lowest BCUT2D eigenvalue weighted by atomic mass is 10.0. The van der Waals surface area contributed by atoms with Crippen molar-refractivity contribution >= 4 is 6.09 Å². The Labute approximate surface area is 128 Å². The summed E-state index contributed by atoms with van der Waals surface area (Å²) in [7, 11) is 0. The zero-order valence-corrected chi connectivity index (χ0v) is 12.3. The fraction of sp³-hybridized carbons (Fsp3) is 0.562. The number of ether oxygens (including phenoxy) is 2. The second-order valence-corrected chi connectivity index (χ2v) is 5.80. The highest BCUT2D eigenvalue weighted by Gasteiger charge is 2.44. The van der Waals surface area contributed by atoms with Gasteiger partial charge in [-0.3, -0.25) is 0 Å². The van der Waals surface area contributed by atoms with E-state index in [1.807, 2.05) is 12.1 Å². The van der Waals surface area contributed by atoms with Crippen LogP contribution in [0.15, 0.2) is 24.3 Å². The number of hydrogen-bond donors (Lipinski definition) is 1. The average molecular weight is 309 g/mol. The van der Waals surface area contributed by atoms with Gasteiger partial charge in [0, 0.05) is 31.0 Å². The number of fused-ring (bicyclic) bond motifs is 2. The first-order chi connectivity index (χ1) is 10.7. The molecule has 0 saturated carbocycles. The number of carboxylic acid groups (broad SMARTS) is 1. The van der Waals surface area contributed by atoms with Crippen LogP contribution < -0.4 is 9.47 Å². The molecular formula is C16H20FNO4. The molecule has 22 heavy (non-hydrogen) atoms. The molecule has 2 aliphatic rings. The molecule has 3 rings (SSSR count). The Kier molecular flexibility index (Phi) is 4.36. The van der Waals surface area contributed by atoms with Crippen LogP contribution in [0, 0.1) is 0 Å². The second kappa shape index (κ2) is 6.42. The molecule has 3 atom stereocenters. The van der Waals surface area contributed by atoms with Crippen molar-refractivity contribution in [3.8, 4) is 11.5 Å². The number of alkyl halides is 1. The van der Waals surface area contributed by atoms with Crippen LogP contribution in [-0.2, 0) is 0 Å². The maximum Gasteiger partial charge on any atom is 0.407 e. The number of amides is 1. The van der Waals surface area contributed by atoms with Gasteiger partial charge >= 0.3 is 6.09 Å². The Morgan fingerprint density at radius 3 is 2.59 bits per heavy atom. The molecule has 1 aromatic carbocycles. The summed E-state index contributed by atoms with van der Waals surface area (Å²) in [5.41, 5.74) is 0. The van der Waals surface area contributed by atoms with Gasteiger partial charge in [0.25, 0.3) is 0 Å². The highest BCUT2D eigenvalue weighted by molar-refractivity contribution is 5.66. The van der Waals surface area contributed by atoms with E-state index in [0.29, 0.717) is 11.5 Å². The number of piperidine rings is 1. The summed E-state index contributed by atoms with van der Waals surface area (Å²) in [5, 5.41) is 9.25. The van der Waals surface area contributed by atoms with E-state index in [-0.39, 0.29) is 24.8 Å². The topological polar surface area (TPSA) is 59.0 Å². The molecule has 2 aliphatic heterocycles. The van der Waals surface area contributed by atoms with E-state index in [1.54, 1.807) is 17.0 Å². The SMILES string of the molecule is O=C(O)N1[C@@H]2CC[C@H]1C[C@@H](Oc1cccc(OCCF)c1)C2. The van der Waals surface area contributed by atoms with Crippen molar-refractivity contribution in [2.24, 2.45) is 0 Å². The van der Waals surface area contributed by atoms with Crippen LogP contribution in [0.3, 0.4) is 0 Å². The minimum atomic E-state index is -0.826. The van der Waals surface area contributed by atoms with Gasteiger partial charge in [-0.2, -0.15) is 0 Å². The minimum absolute atomic E-state index is 0.0181. The van der Waals surface area contributed by atoms with Crippen LogP contribution in [0.25, 0.3) is 0 Å². The van der Waals surface area contributed by atoms with Crippen molar-refractivity contribution in [3.63, 3.8) is 0 Å². The van der Waals surface area contributed by atoms with E-state index in [9.17, 15) is 14.3 Å². The van der Waals surface area contributed by atoms with Crippen molar-refractivity contribution in [1.29, 1.82) is 0 Å². The van der Waals surface area contributed by atoms with Gasteiger partial charge in [-0.25, -0.2) is 9.18 Å². The van der Waals surface area contributed by atoms with Crippen LogP contribution >= 0.6 is 0 Å². The third-order valence-electron chi connectivity index (χ3n) is 4.36. The lowest BCUT2D eigenvalue weighted by molar-refractivity contribution is 0.0495. The normalized spacial score (nSPS) is 26.8. The van der Waals surface area contributed by atoms with Crippen LogP contribution in [0.2, 0.25) is 0 Å². The fourth-order valence-electron chi connectivity index (χ4n) is 3.52. The van der Waals surface area contributed by atoms with Gasteiger partial charge in [-0.15, -0.1) is 0 Å². The number of carbonyl (C=O) groups is 1. The van der Waals surface area contributed by atoms with Gasteiger partial charge < -0.3 is 19.5 Å². The monoisotopic (exact) mass is 309 g/mol. The summed E-state index contributed by atoms with van der Waals surface area (Å²) < 4.78 is 23.4. The number of rotatable bonds is 5. The first-order valence-corrected chi connectivity index (χ1v) is 7.64. The van der Waals surface area contributed by atoms with E-state index in [1.165, 1.54) is 0 Å². The maximum atomic E-state index is 12.1. The van der Waals surface area contributed by atoms with Gasteiger partial charge in [0.05, 0.1) is 0 Å². The van der Waals surface area contributed by atoms with Crippen molar-refractivity contribution in [2.75, 3.05) is 13.3 Å². The first-order valence-electron chi connectivity index (χ1n) is 7.64. The zero-order chi connectivity index (χ0) is 15.5.